The van der Waals surface area contributed by atoms with Crippen molar-refractivity contribution >= 4 is 11.8 Å². The molecule has 2 amide bonds. The van der Waals surface area contributed by atoms with E-state index in [0.717, 1.165) is 0 Å². The van der Waals surface area contributed by atoms with Gasteiger partial charge in [0.25, 0.3) is 0 Å². The average Bonchev–Trinajstić information content (AvgIpc) is 2.90. The van der Waals surface area contributed by atoms with E-state index < -0.39 is 5.54 Å². The molecule has 7 heteroatoms. The van der Waals surface area contributed by atoms with Gasteiger partial charge in [0.1, 0.15) is 12.2 Å². The molecule has 1 aliphatic rings. The van der Waals surface area contributed by atoms with Crippen LogP contribution in [0.5, 0.6) is 0 Å². The number of aromatic nitrogens is 3. The third-order valence-electron chi connectivity index (χ3n) is 3.68. The van der Waals surface area contributed by atoms with E-state index in [1.165, 1.54) is 6.33 Å². The molecular weight excluding hydrogens is 234 g/mol. The van der Waals surface area contributed by atoms with Gasteiger partial charge in [-0.1, -0.05) is 0 Å². The molecule has 98 valence electrons. The Labute approximate surface area is 105 Å². The van der Waals surface area contributed by atoms with Gasteiger partial charge in [0.2, 0.25) is 11.8 Å². The lowest BCUT2D eigenvalue weighted by Crippen LogP contribution is -2.46. The van der Waals surface area contributed by atoms with Crippen LogP contribution in [0.4, 0.5) is 0 Å². The van der Waals surface area contributed by atoms with Crippen molar-refractivity contribution in [2.75, 3.05) is 7.05 Å². The summed E-state index contributed by atoms with van der Waals surface area (Å²) in [5.74, 6) is 0.130. The predicted octanol–water partition coefficient (Wildman–Crippen LogP) is -0.322. The molecule has 0 spiro atoms. The summed E-state index contributed by atoms with van der Waals surface area (Å²) < 4.78 is 0. The number of carbonyl (C=O) groups excluding carboxylic acids is 2. The van der Waals surface area contributed by atoms with Gasteiger partial charge in [-0.05, 0) is 13.8 Å². The zero-order valence-corrected chi connectivity index (χ0v) is 10.7. The fourth-order valence-corrected chi connectivity index (χ4v) is 2.14. The molecule has 1 aliphatic heterocycles. The number of nitrogens with zero attached hydrogens (tertiary/aromatic N) is 3. The third kappa shape index (κ3) is 2.07. The lowest BCUT2D eigenvalue weighted by molar-refractivity contribution is -0.128. The number of rotatable bonds is 3. The van der Waals surface area contributed by atoms with Crippen LogP contribution in [0.2, 0.25) is 0 Å². The highest BCUT2D eigenvalue weighted by molar-refractivity contribution is 5.90. The molecule has 1 aromatic heterocycles. The van der Waals surface area contributed by atoms with Crippen LogP contribution in [0.15, 0.2) is 6.33 Å². The van der Waals surface area contributed by atoms with Crippen LogP contribution in [0.3, 0.4) is 0 Å². The minimum Gasteiger partial charge on any atom is -0.348 e. The van der Waals surface area contributed by atoms with Gasteiger partial charge in [0.05, 0.1) is 12.5 Å². The topological polar surface area (TPSA) is 91.0 Å². The van der Waals surface area contributed by atoms with Gasteiger partial charge < -0.3 is 10.2 Å². The molecule has 1 aromatic rings. The molecule has 2 heterocycles. The van der Waals surface area contributed by atoms with Crippen molar-refractivity contribution in [2.45, 2.75) is 32.4 Å². The lowest BCUT2D eigenvalue weighted by atomic mass is 9.88. The molecule has 0 saturated carbocycles. The highest BCUT2D eigenvalue weighted by atomic mass is 16.2. The van der Waals surface area contributed by atoms with Crippen molar-refractivity contribution in [3.63, 3.8) is 0 Å². The number of carbonyl (C=O) groups is 2. The second-order valence-corrected chi connectivity index (χ2v) is 5.01. The Morgan fingerprint density at radius 3 is 2.89 bits per heavy atom. The quantitative estimate of drug-likeness (QED) is 0.770. The third-order valence-corrected chi connectivity index (χ3v) is 3.68. The van der Waals surface area contributed by atoms with E-state index in [9.17, 15) is 9.59 Å². The first-order chi connectivity index (χ1) is 8.43. The molecule has 1 saturated heterocycles. The van der Waals surface area contributed by atoms with Crippen molar-refractivity contribution in [1.29, 1.82) is 0 Å². The molecule has 0 aromatic carbocycles. The van der Waals surface area contributed by atoms with E-state index in [1.807, 2.05) is 13.8 Å². The summed E-state index contributed by atoms with van der Waals surface area (Å²) in [6.45, 7) is 4.09. The van der Waals surface area contributed by atoms with Crippen LogP contribution >= 0.6 is 0 Å². The average molecular weight is 251 g/mol. The molecule has 0 aliphatic carbocycles. The number of amides is 2. The number of likely N-dealkylation sites (tertiary alicyclic amines) is 1. The highest BCUT2D eigenvalue weighted by Crippen LogP contribution is 2.34. The second-order valence-electron chi connectivity index (χ2n) is 5.01. The van der Waals surface area contributed by atoms with Crippen molar-refractivity contribution in [3.05, 3.63) is 12.2 Å². The first-order valence-electron chi connectivity index (χ1n) is 5.81. The van der Waals surface area contributed by atoms with Gasteiger partial charge in [-0.15, -0.1) is 0 Å². The number of hydrogen-bond acceptors (Lipinski definition) is 4. The zero-order valence-electron chi connectivity index (χ0n) is 10.7. The van der Waals surface area contributed by atoms with Crippen molar-refractivity contribution in [3.8, 4) is 0 Å². The Morgan fingerprint density at radius 2 is 2.39 bits per heavy atom. The number of H-pyrrole nitrogens is 1. The van der Waals surface area contributed by atoms with Gasteiger partial charge in [0, 0.05) is 19.0 Å². The minimum atomic E-state index is -0.456. The van der Waals surface area contributed by atoms with E-state index in [-0.39, 0.29) is 24.2 Å². The van der Waals surface area contributed by atoms with Crippen molar-refractivity contribution < 1.29 is 9.59 Å². The van der Waals surface area contributed by atoms with Crippen LogP contribution in [-0.4, -0.2) is 44.5 Å². The molecule has 0 radical (unpaired) electrons. The van der Waals surface area contributed by atoms with E-state index in [1.54, 1.807) is 11.9 Å². The SMILES string of the molecule is CN1C(=O)C[C@@H](C(=O)NCc2ncn[nH]2)C1(C)C. The fraction of sp³-hybridized carbons (Fsp3) is 0.636. The van der Waals surface area contributed by atoms with Gasteiger partial charge in [0.15, 0.2) is 0 Å². The number of hydrogen-bond donors (Lipinski definition) is 2. The van der Waals surface area contributed by atoms with Crippen LogP contribution < -0.4 is 5.32 Å². The summed E-state index contributed by atoms with van der Waals surface area (Å²) >= 11 is 0. The van der Waals surface area contributed by atoms with E-state index >= 15 is 0 Å². The largest absolute Gasteiger partial charge is 0.348 e. The normalized spacial score (nSPS) is 22.3. The van der Waals surface area contributed by atoms with Crippen molar-refractivity contribution in [1.82, 2.24) is 25.4 Å². The lowest BCUT2D eigenvalue weighted by Gasteiger charge is -2.32. The van der Waals surface area contributed by atoms with Crippen LogP contribution in [0, 0.1) is 5.92 Å². The second kappa shape index (κ2) is 4.40. The van der Waals surface area contributed by atoms with E-state index in [4.69, 9.17) is 0 Å². The fourth-order valence-electron chi connectivity index (χ4n) is 2.14. The molecule has 7 nitrogen and oxygen atoms in total. The molecule has 18 heavy (non-hydrogen) atoms. The molecule has 1 fully saturated rings. The zero-order chi connectivity index (χ0) is 13.3. The molecule has 0 bridgehead atoms. The predicted molar refractivity (Wildman–Crippen MR) is 63.2 cm³/mol. The standard InChI is InChI=1S/C11H17N5O2/c1-11(2)7(4-9(17)16(11)3)10(18)12-5-8-13-6-14-15-8/h6-7H,4-5H2,1-3H3,(H,12,18)(H,13,14,15)/t7-/m0/s1. The summed E-state index contributed by atoms with van der Waals surface area (Å²) in [5.41, 5.74) is -0.456. The van der Waals surface area contributed by atoms with E-state index in [2.05, 4.69) is 20.5 Å². The van der Waals surface area contributed by atoms with Gasteiger partial charge >= 0.3 is 0 Å². The van der Waals surface area contributed by atoms with Crippen LogP contribution in [0.1, 0.15) is 26.1 Å². The Morgan fingerprint density at radius 1 is 1.67 bits per heavy atom. The molecular formula is C11H17N5O2. The maximum absolute atomic E-state index is 12.1. The maximum Gasteiger partial charge on any atom is 0.226 e. The van der Waals surface area contributed by atoms with Crippen molar-refractivity contribution in [2.24, 2.45) is 5.92 Å². The highest BCUT2D eigenvalue weighted by Gasteiger charge is 2.47. The summed E-state index contributed by atoms with van der Waals surface area (Å²) in [7, 11) is 1.73. The smallest absolute Gasteiger partial charge is 0.226 e. The van der Waals surface area contributed by atoms with Gasteiger partial charge in [-0.3, -0.25) is 14.7 Å². The minimum absolute atomic E-state index is 0.000171. The van der Waals surface area contributed by atoms with E-state index in [0.29, 0.717) is 12.4 Å². The first kappa shape index (κ1) is 12.5. The Balaban J connectivity index is 1.99. The summed E-state index contributed by atoms with van der Waals surface area (Å²) in [5, 5.41) is 9.14. The maximum atomic E-state index is 12.1. The first-order valence-corrected chi connectivity index (χ1v) is 5.81. The molecule has 2 rings (SSSR count). The molecule has 1 atom stereocenters. The Kier molecular flexibility index (Phi) is 3.06. The summed E-state index contributed by atoms with van der Waals surface area (Å²) in [6.07, 6.45) is 1.64. The van der Waals surface area contributed by atoms with Gasteiger partial charge in [-0.2, -0.15) is 5.10 Å². The van der Waals surface area contributed by atoms with Gasteiger partial charge in [-0.25, -0.2) is 4.98 Å². The summed E-state index contributed by atoms with van der Waals surface area (Å²) in [4.78, 5) is 29.3. The monoisotopic (exact) mass is 251 g/mol. The molecule has 2 N–H and O–H groups in total. The number of nitrogens with one attached hydrogen (secondary N) is 2. The molecule has 0 unspecified atom stereocenters. The Hall–Kier alpha value is -1.92. The van der Waals surface area contributed by atoms with Crippen LogP contribution in [-0.2, 0) is 16.1 Å². The number of aromatic amines is 1. The summed E-state index contributed by atoms with van der Waals surface area (Å²) in [6, 6.07) is 0. The Bertz CT molecular complexity index is 454. The van der Waals surface area contributed by atoms with Crippen LogP contribution in [0.25, 0.3) is 0 Å².